The van der Waals surface area contributed by atoms with E-state index in [-0.39, 0.29) is 24.6 Å². The zero-order chi connectivity index (χ0) is 32.2. The number of nitrogens with zero attached hydrogens (tertiary/aromatic N) is 5. The number of aliphatic hydroxyl groups is 2. The number of carbonyl (C=O) groups is 4. The molecule has 4 aliphatic heterocycles. The monoisotopic (exact) mass is 634 g/mol. The summed E-state index contributed by atoms with van der Waals surface area (Å²) in [6.07, 6.45) is 0.554. The summed E-state index contributed by atoms with van der Waals surface area (Å²) in [6.45, 7) is 3.11. The van der Waals surface area contributed by atoms with Crippen LogP contribution in [0.2, 0.25) is 0 Å². The van der Waals surface area contributed by atoms with E-state index in [9.17, 15) is 29.4 Å². The third-order valence-electron chi connectivity index (χ3n) is 10.8. The van der Waals surface area contributed by atoms with Gasteiger partial charge in [-0.3, -0.25) is 29.4 Å². The van der Waals surface area contributed by atoms with Crippen LogP contribution in [0.5, 0.6) is 0 Å². The van der Waals surface area contributed by atoms with Crippen LogP contribution in [0.25, 0.3) is 43.6 Å². The SMILES string of the molecule is O=C1NC(=O)c2c1c1c3ccccc3n3c1c1c2c2ccccc2n1CC(O)(C(=O)N1CCN(CC(=O)N2CCCC2)CC1)C(O)C3. The Bertz CT molecular complexity index is 2200. The van der Waals surface area contributed by atoms with Crippen molar-refractivity contribution in [1.82, 2.24) is 29.2 Å². The number of imide groups is 1. The lowest BCUT2D eigenvalue weighted by Gasteiger charge is -2.41. The molecule has 2 atom stereocenters. The molecule has 4 aliphatic rings. The predicted octanol–water partition coefficient (Wildman–Crippen LogP) is 1.66. The van der Waals surface area contributed by atoms with E-state index in [0.717, 1.165) is 31.3 Å². The van der Waals surface area contributed by atoms with Crippen molar-refractivity contribution in [2.75, 3.05) is 45.8 Å². The molecule has 0 saturated carbocycles. The molecule has 0 bridgehead atoms. The van der Waals surface area contributed by atoms with Gasteiger partial charge in [0, 0.05) is 71.8 Å². The zero-order valence-corrected chi connectivity index (χ0v) is 25.7. The molecule has 0 radical (unpaired) electrons. The third-order valence-corrected chi connectivity index (χ3v) is 10.8. The van der Waals surface area contributed by atoms with Gasteiger partial charge in [-0.2, -0.15) is 0 Å². The highest BCUT2D eigenvalue weighted by atomic mass is 16.4. The molecule has 5 aromatic rings. The summed E-state index contributed by atoms with van der Waals surface area (Å²) in [6, 6.07) is 14.9. The van der Waals surface area contributed by atoms with Gasteiger partial charge in [-0.1, -0.05) is 36.4 Å². The normalized spacial score (nSPS) is 23.3. The molecule has 2 saturated heterocycles. The first kappa shape index (κ1) is 28.4. The molecule has 2 unspecified atom stereocenters. The van der Waals surface area contributed by atoms with Crippen molar-refractivity contribution in [3.05, 3.63) is 59.7 Å². The second-order valence-corrected chi connectivity index (χ2v) is 13.3. The summed E-state index contributed by atoms with van der Waals surface area (Å²) in [5.74, 6) is -1.43. The maximum Gasteiger partial charge on any atom is 0.259 e. The highest BCUT2D eigenvalue weighted by molar-refractivity contribution is 6.39. The van der Waals surface area contributed by atoms with Gasteiger partial charge in [-0.05, 0) is 25.0 Å². The number of para-hydroxylation sites is 2. The van der Waals surface area contributed by atoms with E-state index < -0.39 is 29.4 Å². The second kappa shape index (κ2) is 10.1. The number of aliphatic hydroxyl groups excluding tert-OH is 1. The molecular formula is C35H34N6O6. The number of rotatable bonds is 3. The van der Waals surface area contributed by atoms with Gasteiger partial charge in [0.15, 0.2) is 5.60 Å². The van der Waals surface area contributed by atoms with Crippen molar-refractivity contribution in [1.29, 1.82) is 0 Å². The van der Waals surface area contributed by atoms with E-state index in [1.807, 2.05) is 67.5 Å². The molecule has 0 aliphatic carbocycles. The lowest BCUT2D eigenvalue weighted by Crippen LogP contribution is -2.63. The Hall–Kier alpha value is -4.78. The van der Waals surface area contributed by atoms with Gasteiger partial charge in [0.05, 0.1) is 41.8 Å². The lowest BCUT2D eigenvalue weighted by atomic mass is 9.92. The van der Waals surface area contributed by atoms with Gasteiger partial charge in [-0.25, -0.2) is 0 Å². The Morgan fingerprint density at radius 2 is 1.32 bits per heavy atom. The van der Waals surface area contributed by atoms with Crippen LogP contribution in [-0.4, -0.2) is 115 Å². The van der Waals surface area contributed by atoms with Crippen LogP contribution in [0.15, 0.2) is 48.5 Å². The molecule has 2 fully saturated rings. The summed E-state index contributed by atoms with van der Waals surface area (Å²) in [4.78, 5) is 59.5. The minimum absolute atomic E-state index is 0.102. The predicted molar refractivity (Wildman–Crippen MR) is 174 cm³/mol. The summed E-state index contributed by atoms with van der Waals surface area (Å²) in [5.41, 5.74) is 1.06. The fourth-order valence-corrected chi connectivity index (χ4v) is 8.41. The largest absolute Gasteiger partial charge is 0.388 e. The number of nitrogens with one attached hydrogen (secondary N) is 1. The molecule has 240 valence electrons. The minimum atomic E-state index is -2.21. The summed E-state index contributed by atoms with van der Waals surface area (Å²) >= 11 is 0. The van der Waals surface area contributed by atoms with E-state index in [4.69, 9.17) is 0 Å². The molecule has 12 heteroatoms. The topological polar surface area (TPSA) is 140 Å². The highest BCUT2D eigenvalue weighted by Crippen LogP contribution is 2.46. The van der Waals surface area contributed by atoms with Crippen molar-refractivity contribution in [3.63, 3.8) is 0 Å². The molecule has 12 nitrogen and oxygen atoms in total. The molecule has 3 N–H and O–H groups in total. The van der Waals surface area contributed by atoms with E-state index in [2.05, 4.69) is 5.32 Å². The Morgan fingerprint density at radius 1 is 0.766 bits per heavy atom. The fourth-order valence-electron chi connectivity index (χ4n) is 8.41. The van der Waals surface area contributed by atoms with Gasteiger partial charge in [0.25, 0.3) is 17.7 Å². The molecule has 3 aromatic carbocycles. The standard InChI is InChI=1S/C35H34N6O6/c42-24-17-40-22-9-3-1-7-20(22)26-28-29(33(45)36-32(28)44)27-21-8-2-4-10-23(21)41(31(27)30(26)40)19-35(24,47)34(46)39-15-13-37(14-16-39)18-25(43)38-11-5-6-12-38/h1-4,7-10,24,42,47H,5-6,11-19H2,(H,36,44,45). The Kier molecular flexibility index (Phi) is 6.12. The first-order chi connectivity index (χ1) is 22.8. The van der Waals surface area contributed by atoms with Crippen LogP contribution >= 0.6 is 0 Å². The highest BCUT2D eigenvalue weighted by Gasteiger charge is 2.49. The number of likely N-dealkylation sites (tertiary alicyclic amines) is 1. The Balaban J connectivity index is 1.18. The minimum Gasteiger partial charge on any atom is -0.388 e. The number of aromatic nitrogens is 2. The van der Waals surface area contributed by atoms with E-state index in [1.165, 1.54) is 0 Å². The first-order valence-electron chi connectivity index (χ1n) is 16.3. The van der Waals surface area contributed by atoms with Crippen LogP contribution in [0, 0.1) is 0 Å². The Labute approximate surface area is 268 Å². The average molecular weight is 635 g/mol. The second-order valence-electron chi connectivity index (χ2n) is 13.3. The molecule has 2 aromatic heterocycles. The number of benzene rings is 3. The first-order valence-corrected chi connectivity index (χ1v) is 16.3. The van der Waals surface area contributed by atoms with Gasteiger partial charge in [-0.15, -0.1) is 0 Å². The van der Waals surface area contributed by atoms with Crippen molar-refractivity contribution in [3.8, 4) is 0 Å². The van der Waals surface area contributed by atoms with Gasteiger partial charge in [0.1, 0.15) is 6.10 Å². The number of carbonyl (C=O) groups excluding carboxylic acids is 4. The Morgan fingerprint density at radius 3 is 1.94 bits per heavy atom. The number of hydrogen-bond donors (Lipinski definition) is 3. The third kappa shape index (κ3) is 3.92. The number of hydrogen-bond acceptors (Lipinski definition) is 7. The van der Waals surface area contributed by atoms with Crippen LogP contribution in [0.1, 0.15) is 33.6 Å². The van der Waals surface area contributed by atoms with Crippen LogP contribution in [0.4, 0.5) is 0 Å². The van der Waals surface area contributed by atoms with Crippen molar-refractivity contribution in [2.45, 2.75) is 37.6 Å². The quantitative estimate of drug-likeness (QED) is 0.257. The van der Waals surface area contributed by atoms with Gasteiger partial charge >= 0.3 is 0 Å². The molecular weight excluding hydrogens is 600 g/mol. The lowest BCUT2D eigenvalue weighted by molar-refractivity contribution is -0.169. The molecule has 0 spiro atoms. The average Bonchev–Trinajstić information content (AvgIpc) is 3.85. The van der Waals surface area contributed by atoms with E-state index in [0.29, 0.717) is 76.5 Å². The van der Waals surface area contributed by atoms with E-state index in [1.54, 1.807) is 4.90 Å². The smallest absolute Gasteiger partial charge is 0.259 e. The van der Waals surface area contributed by atoms with Crippen LogP contribution < -0.4 is 5.32 Å². The van der Waals surface area contributed by atoms with Crippen LogP contribution in [-0.2, 0) is 22.7 Å². The van der Waals surface area contributed by atoms with Crippen molar-refractivity contribution >= 4 is 67.2 Å². The maximum absolute atomic E-state index is 14.4. The fraction of sp³-hybridized carbons (Fsp3) is 0.371. The molecule has 4 amide bonds. The number of fused-ring (bicyclic) bond motifs is 9. The number of piperazine rings is 1. The molecule has 47 heavy (non-hydrogen) atoms. The van der Waals surface area contributed by atoms with Crippen LogP contribution in [0.3, 0.4) is 0 Å². The summed E-state index contributed by atoms with van der Waals surface area (Å²) < 4.78 is 3.71. The maximum atomic E-state index is 14.4. The van der Waals surface area contributed by atoms with Gasteiger partial charge < -0.3 is 29.1 Å². The van der Waals surface area contributed by atoms with Crippen molar-refractivity contribution < 1.29 is 29.4 Å². The van der Waals surface area contributed by atoms with Crippen molar-refractivity contribution in [2.24, 2.45) is 0 Å². The summed E-state index contributed by atoms with van der Waals surface area (Å²) in [7, 11) is 0. The molecule has 9 rings (SSSR count). The zero-order valence-electron chi connectivity index (χ0n) is 25.7. The van der Waals surface area contributed by atoms with E-state index >= 15 is 0 Å². The summed E-state index contributed by atoms with van der Waals surface area (Å²) in [5, 5.41) is 29.5. The number of amides is 4. The molecule has 6 heterocycles. The van der Waals surface area contributed by atoms with Gasteiger partial charge in [0.2, 0.25) is 5.91 Å².